The van der Waals surface area contributed by atoms with Crippen molar-refractivity contribution in [2.75, 3.05) is 12.0 Å². The number of aromatic nitrogens is 4. The summed E-state index contributed by atoms with van der Waals surface area (Å²) in [6, 6.07) is 8.91. The lowest BCUT2D eigenvalue weighted by Gasteiger charge is -2.02. The number of halogens is 1. The Morgan fingerprint density at radius 3 is 2.64 bits per heavy atom. The second kappa shape index (κ2) is 6.31. The second-order valence-electron chi connectivity index (χ2n) is 5.01. The predicted molar refractivity (Wildman–Crippen MR) is 92.9 cm³/mol. The van der Waals surface area contributed by atoms with Crippen LogP contribution in [0.2, 0.25) is 5.02 Å². The lowest BCUT2D eigenvalue weighted by Crippen LogP contribution is -2.02. The van der Waals surface area contributed by atoms with E-state index in [-0.39, 0.29) is 5.95 Å². The summed E-state index contributed by atoms with van der Waals surface area (Å²) in [5.74, 6) is 1.29. The number of fused-ring (bicyclic) bond motifs is 3. The fourth-order valence-electron chi connectivity index (χ4n) is 2.11. The van der Waals surface area contributed by atoms with E-state index in [9.17, 15) is 8.42 Å². The molecule has 0 saturated carbocycles. The number of nitrogens with zero attached hydrogens (tertiary/aromatic N) is 4. The zero-order valence-electron chi connectivity index (χ0n) is 12.8. The van der Waals surface area contributed by atoms with Gasteiger partial charge in [-0.1, -0.05) is 11.6 Å². The predicted octanol–water partition coefficient (Wildman–Crippen LogP) is 2.28. The van der Waals surface area contributed by atoms with Crippen molar-refractivity contribution in [2.24, 2.45) is 0 Å². The molecule has 0 aliphatic carbocycles. The molecule has 0 spiro atoms. The quantitative estimate of drug-likeness (QED) is 0.479. The first-order valence-corrected chi connectivity index (χ1v) is 9.03. The van der Waals surface area contributed by atoms with Gasteiger partial charge in [0.25, 0.3) is 10.1 Å². The summed E-state index contributed by atoms with van der Waals surface area (Å²) >= 11 is 6.03. The van der Waals surface area contributed by atoms with E-state index < -0.39 is 10.1 Å². The van der Waals surface area contributed by atoms with Gasteiger partial charge in [-0.05, 0) is 30.3 Å². The summed E-state index contributed by atoms with van der Waals surface area (Å²) in [5, 5.41) is 5.71. The molecule has 0 aliphatic rings. The van der Waals surface area contributed by atoms with Crippen LogP contribution in [-0.2, 0) is 10.1 Å². The molecule has 3 aromatic heterocycles. The topological polar surface area (TPSA) is 137 Å². The van der Waals surface area contributed by atoms with Gasteiger partial charge in [0, 0.05) is 10.4 Å². The Labute approximate surface area is 146 Å². The molecule has 3 N–H and O–H groups in total. The van der Waals surface area contributed by atoms with Gasteiger partial charge >= 0.3 is 0 Å². The van der Waals surface area contributed by atoms with Gasteiger partial charge in [0.05, 0.1) is 18.0 Å². The summed E-state index contributed by atoms with van der Waals surface area (Å²) in [6.07, 6.45) is 2.28. The van der Waals surface area contributed by atoms with E-state index in [0.717, 1.165) is 10.9 Å². The minimum Gasteiger partial charge on any atom is -0.461 e. The van der Waals surface area contributed by atoms with Gasteiger partial charge in [-0.15, -0.1) is 5.10 Å². The van der Waals surface area contributed by atoms with E-state index in [1.807, 2.05) is 0 Å². The second-order valence-corrected chi connectivity index (χ2v) is 6.92. The Hall–Kier alpha value is -2.69. The molecule has 9 nitrogen and oxygen atoms in total. The van der Waals surface area contributed by atoms with Crippen LogP contribution >= 0.6 is 11.6 Å². The number of anilines is 1. The van der Waals surface area contributed by atoms with Gasteiger partial charge in [-0.25, -0.2) is 9.97 Å². The first-order valence-electron chi connectivity index (χ1n) is 6.80. The first-order chi connectivity index (χ1) is 11.7. The van der Waals surface area contributed by atoms with Crippen molar-refractivity contribution in [3.05, 3.63) is 41.6 Å². The van der Waals surface area contributed by atoms with Gasteiger partial charge in [0.15, 0.2) is 11.4 Å². The van der Waals surface area contributed by atoms with Crippen LogP contribution in [-0.4, -0.2) is 38.8 Å². The fourth-order valence-corrected chi connectivity index (χ4v) is 2.28. The summed E-state index contributed by atoms with van der Waals surface area (Å²) in [5.41, 5.74) is 7.23. The van der Waals surface area contributed by atoms with Crippen LogP contribution in [0, 0.1) is 0 Å². The number of hydrogen-bond donors (Lipinski definition) is 2. The molecule has 3 heterocycles. The molecule has 0 aliphatic heterocycles. The van der Waals surface area contributed by atoms with Gasteiger partial charge in [0.1, 0.15) is 0 Å². The van der Waals surface area contributed by atoms with Gasteiger partial charge < -0.3 is 10.2 Å². The van der Waals surface area contributed by atoms with Crippen LogP contribution in [0.1, 0.15) is 0 Å². The van der Waals surface area contributed by atoms with Crippen molar-refractivity contribution in [3.8, 4) is 11.6 Å². The largest absolute Gasteiger partial charge is 0.461 e. The van der Waals surface area contributed by atoms with E-state index in [0.29, 0.717) is 28.5 Å². The van der Waals surface area contributed by atoms with Gasteiger partial charge in [-0.3, -0.25) is 4.55 Å². The van der Waals surface area contributed by atoms with Crippen molar-refractivity contribution in [3.63, 3.8) is 0 Å². The minimum absolute atomic E-state index is 0.264. The monoisotopic (exact) mass is 381 g/mol. The Balaban J connectivity index is 0.000000324. The smallest absolute Gasteiger partial charge is 0.261 e. The molecule has 0 radical (unpaired) electrons. The molecule has 0 fully saturated rings. The average Bonchev–Trinajstić information content (AvgIpc) is 3.15. The Kier molecular flexibility index (Phi) is 4.33. The minimum atomic E-state index is -3.67. The number of nitrogen functional groups attached to an aromatic ring is 1. The standard InChI is InChI=1S/C13H8ClN5O.CH4O3S/c14-7-3-4-9-8(6-7)12-17-11(10-2-1-5-20-10)18-19(12)13(15)16-9;1-5(2,3)4/h1-6H,(H2,15,16);1H3,(H,2,3,4). The van der Waals surface area contributed by atoms with Crippen LogP contribution in [0.15, 0.2) is 41.0 Å². The third-order valence-electron chi connectivity index (χ3n) is 3.00. The van der Waals surface area contributed by atoms with Crippen molar-refractivity contribution >= 4 is 44.2 Å². The molecular formula is C14H12ClN5O4S. The van der Waals surface area contributed by atoms with E-state index in [4.69, 9.17) is 26.3 Å². The molecular weight excluding hydrogens is 370 g/mol. The zero-order chi connectivity index (χ0) is 18.2. The van der Waals surface area contributed by atoms with Crippen LogP contribution in [0.25, 0.3) is 28.1 Å². The number of furan rings is 1. The average molecular weight is 382 g/mol. The Morgan fingerprint density at radius 2 is 2.00 bits per heavy atom. The molecule has 0 unspecified atom stereocenters. The lowest BCUT2D eigenvalue weighted by molar-refractivity contribution is 0.490. The van der Waals surface area contributed by atoms with Gasteiger partial charge in [0.2, 0.25) is 11.8 Å². The number of nitrogens with two attached hydrogens (primary N) is 1. The van der Waals surface area contributed by atoms with E-state index in [1.165, 1.54) is 4.52 Å². The molecule has 0 amide bonds. The van der Waals surface area contributed by atoms with Crippen LogP contribution < -0.4 is 5.73 Å². The lowest BCUT2D eigenvalue weighted by atomic mass is 10.2. The molecule has 25 heavy (non-hydrogen) atoms. The summed E-state index contributed by atoms with van der Waals surface area (Å²) < 4.78 is 32.6. The van der Waals surface area contributed by atoms with Crippen molar-refractivity contribution < 1.29 is 17.4 Å². The zero-order valence-corrected chi connectivity index (χ0v) is 14.4. The van der Waals surface area contributed by atoms with Crippen LogP contribution in [0.5, 0.6) is 0 Å². The highest BCUT2D eigenvalue weighted by Crippen LogP contribution is 2.25. The van der Waals surface area contributed by atoms with Crippen molar-refractivity contribution in [1.82, 2.24) is 19.6 Å². The Morgan fingerprint density at radius 1 is 1.28 bits per heavy atom. The molecule has 130 valence electrons. The molecule has 4 rings (SSSR count). The third kappa shape index (κ3) is 3.87. The van der Waals surface area contributed by atoms with E-state index >= 15 is 0 Å². The highest BCUT2D eigenvalue weighted by atomic mass is 35.5. The molecule has 0 saturated heterocycles. The normalized spacial score (nSPS) is 11.5. The molecule has 0 bridgehead atoms. The molecule has 11 heteroatoms. The van der Waals surface area contributed by atoms with E-state index in [2.05, 4.69) is 15.1 Å². The molecule has 4 aromatic rings. The summed E-state index contributed by atoms with van der Waals surface area (Å²) in [7, 11) is -3.67. The highest BCUT2D eigenvalue weighted by molar-refractivity contribution is 7.85. The summed E-state index contributed by atoms with van der Waals surface area (Å²) in [6.45, 7) is 0. The SMILES string of the molecule is CS(=O)(=O)O.Nc1nc2ccc(Cl)cc2c2nc(-c3ccco3)nn12. The van der Waals surface area contributed by atoms with Crippen LogP contribution in [0.4, 0.5) is 5.95 Å². The number of hydrogen-bond acceptors (Lipinski definition) is 7. The molecule has 1 aromatic carbocycles. The third-order valence-corrected chi connectivity index (χ3v) is 3.24. The molecule has 0 atom stereocenters. The van der Waals surface area contributed by atoms with E-state index in [1.54, 1.807) is 36.6 Å². The first kappa shape index (κ1) is 17.1. The maximum Gasteiger partial charge on any atom is 0.261 e. The maximum absolute atomic E-state index is 9.19. The number of benzene rings is 1. The maximum atomic E-state index is 9.19. The van der Waals surface area contributed by atoms with Crippen molar-refractivity contribution in [2.45, 2.75) is 0 Å². The van der Waals surface area contributed by atoms with Crippen LogP contribution in [0.3, 0.4) is 0 Å². The summed E-state index contributed by atoms with van der Waals surface area (Å²) in [4.78, 5) is 8.75. The number of rotatable bonds is 1. The van der Waals surface area contributed by atoms with Gasteiger partial charge in [-0.2, -0.15) is 12.9 Å². The fraction of sp³-hybridized carbons (Fsp3) is 0.0714. The van der Waals surface area contributed by atoms with Crippen molar-refractivity contribution in [1.29, 1.82) is 0 Å². The highest BCUT2D eigenvalue weighted by Gasteiger charge is 2.14. The Bertz CT molecular complexity index is 1150.